The summed E-state index contributed by atoms with van der Waals surface area (Å²) in [5.74, 6) is 0.804. The van der Waals surface area contributed by atoms with Gasteiger partial charge in [-0.2, -0.15) is 0 Å². The number of hydrogen-bond acceptors (Lipinski definition) is 3. The first-order chi connectivity index (χ1) is 8.17. The van der Waals surface area contributed by atoms with Crippen LogP contribution in [0.1, 0.15) is 19.4 Å². The van der Waals surface area contributed by atoms with E-state index in [1.165, 1.54) is 0 Å². The van der Waals surface area contributed by atoms with Crippen LogP contribution >= 0.6 is 11.6 Å². The normalized spacial score (nSPS) is 10.9. The van der Waals surface area contributed by atoms with Crippen LogP contribution in [0, 0.1) is 6.92 Å². The molecule has 0 aliphatic carbocycles. The van der Waals surface area contributed by atoms with Crippen LogP contribution in [0.2, 0.25) is 5.02 Å². The molecule has 0 aliphatic rings. The maximum atomic E-state index is 5.87. The molecule has 0 saturated carbocycles. The van der Waals surface area contributed by atoms with E-state index in [1.807, 2.05) is 32.9 Å². The van der Waals surface area contributed by atoms with Crippen molar-refractivity contribution >= 4 is 11.6 Å². The van der Waals surface area contributed by atoms with E-state index < -0.39 is 0 Å². The Morgan fingerprint density at radius 3 is 2.35 bits per heavy atom. The topological polar surface area (TPSA) is 27.7 Å². The zero-order chi connectivity index (χ0) is 12.7. The molecule has 96 valence electrons. The Bertz CT molecular complexity index is 335. The van der Waals surface area contributed by atoms with Gasteiger partial charge in [0, 0.05) is 18.2 Å². The molecule has 17 heavy (non-hydrogen) atoms. The minimum atomic E-state index is -0.319. The molecule has 0 spiro atoms. The average Bonchev–Trinajstić information content (AvgIpc) is 2.28. The van der Waals surface area contributed by atoms with E-state index in [4.69, 9.17) is 25.8 Å². The van der Waals surface area contributed by atoms with Crippen molar-refractivity contribution in [2.24, 2.45) is 0 Å². The zero-order valence-corrected chi connectivity index (χ0v) is 11.3. The van der Waals surface area contributed by atoms with Crippen LogP contribution in [0.15, 0.2) is 18.2 Å². The van der Waals surface area contributed by atoms with Gasteiger partial charge in [-0.3, -0.25) is 0 Å². The summed E-state index contributed by atoms with van der Waals surface area (Å²) in [5.41, 5.74) is 1.00. The quantitative estimate of drug-likeness (QED) is 0.702. The second-order valence-electron chi connectivity index (χ2n) is 3.56. The number of ether oxygens (including phenoxy) is 3. The minimum absolute atomic E-state index is 0.319. The van der Waals surface area contributed by atoms with Crippen molar-refractivity contribution in [2.75, 3.05) is 19.8 Å². The summed E-state index contributed by atoms with van der Waals surface area (Å²) in [6.07, 6.45) is -0.319. The summed E-state index contributed by atoms with van der Waals surface area (Å²) in [5, 5.41) is 0.709. The summed E-state index contributed by atoms with van der Waals surface area (Å²) >= 11 is 5.87. The Labute approximate surface area is 108 Å². The first kappa shape index (κ1) is 14.3. The number of benzene rings is 1. The molecule has 0 atom stereocenters. The highest BCUT2D eigenvalue weighted by molar-refractivity contribution is 6.30. The largest absolute Gasteiger partial charge is 0.488 e. The minimum Gasteiger partial charge on any atom is -0.488 e. The van der Waals surface area contributed by atoms with Crippen LogP contribution in [0.5, 0.6) is 5.75 Å². The summed E-state index contributed by atoms with van der Waals surface area (Å²) in [7, 11) is 0. The summed E-state index contributed by atoms with van der Waals surface area (Å²) in [6.45, 7) is 7.40. The summed E-state index contributed by atoms with van der Waals surface area (Å²) in [4.78, 5) is 0. The lowest BCUT2D eigenvalue weighted by atomic mass is 10.2. The monoisotopic (exact) mass is 258 g/mol. The van der Waals surface area contributed by atoms with Gasteiger partial charge in [0.1, 0.15) is 12.4 Å². The zero-order valence-electron chi connectivity index (χ0n) is 10.5. The molecule has 1 aromatic rings. The van der Waals surface area contributed by atoms with E-state index in [1.54, 1.807) is 6.07 Å². The molecule has 3 nitrogen and oxygen atoms in total. The van der Waals surface area contributed by atoms with Crippen LogP contribution in [0.25, 0.3) is 0 Å². The summed E-state index contributed by atoms with van der Waals surface area (Å²) < 4.78 is 16.4. The van der Waals surface area contributed by atoms with E-state index in [0.717, 1.165) is 11.3 Å². The van der Waals surface area contributed by atoms with Crippen molar-refractivity contribution < 1.29 is 14.2 Å². The molecule has 0 unspecified atom stereocenters. The highest BCUT2D eigenvalue weighted by Crippen LogP contribution is 2.22. The van der Waals surface area contributed by atoms with Crippen molar-refractivity contribution in [1.29, 1.82) is 0 Å². The fraction of sp³-hybridized carbons (Fsp3) is 0.538. The second-order valence-corrected chi connectivity index (χ2v) is 4.00. The third-order valence-electron chi connectivity index (χ3n) is 2.22. The molecule has 0 saturated heterocycles. The molecular formula is C13H19ClO3. The molecule has 4 heteroatoms. The number of rotatable bonds is 7. The average molecular weight is 259 g/mol. The molecule has 0 aromatic heterocycles. The van der Waals surface area contributed by atoms with Gasteiger partial charge in [-0.1, -0.05) is 11.6 Å². The molecule has 1 rings (SSSR count). The maximum absolute atomic E-state index is 5.87. The van der Waals surface area contributed by atoms with Crippen LogP contribution in [-0.2, 0) is 9.47 Å². The molecular weight excluding hydrogens is 240 g/mol. The highest BCUT2D eigenvalue weighted by atomic mass is 35.5. The Balaban J connectivity index is 2.52. The predicted octanol–water partition coefficient (Wildman–Crippen LogP) is 3.43. The molecule has 0 N–H and O–H groups in total. The maximum Gasteiger partial charge on any atom is 0.191 e. The van der Waals surface area contributed by atoms with E-state index in [2.05, 4.69) is 0 Å². The smallest absolute Gasteiger partial charge is 0.191 e. The first-order valence-corrected chi connectivity index (χ1v) is 6.17. The van der Waals surface area contributed by atoms with Crippen molar-refractivity contribution in [3.8, 4) is 5.75 Å². The van der Waals surface area contributed by atoms with Gasteiger partial charge in [-0.15, -0.1) is 0 Å². The van der Waals surface area contributed by atoms with Gasteiger partial charge >= 0.3 is 0 Å². The van der Waals surface area contributed by atoms with Gasteiger partial charge in [-0.05, 0) is 44.5 Å². The van der Waals surface area contributed by atoms with E-state index in [9.17, 15) is 0 Å². The van der Waals surface area contributed by atoms with Gasteiger partial charge in [-0.25, -0.2) is 0 Å². The van der Waals surface area contributed by atoms with Crippen molar-refractivity contribution in [3.63, 3.8) is 0 Å². The van der Waals surface area contributed by atoms with Crippen molar-refractivity contribution in [1.82, 2.24) is 0 Å². The number of hydrogen-bond donors (Lipinski definition) is 0. The molecule has 0 heterocycles. The lowest BCUT2D eigenvalue weighted by Gasteiger charge is -2.18. The van der Waals surface area contributed by atoms with Crippen LogP contribution < -0.4 is 4.74 Å². The van der Waals surface area contributed by atoms with Gasteiger partial charge in [0.15, 0.2) is 6.29 Å². The van der Waals surface area contributed by atoms with Crippen molar-refractivity contribution in [3.05, 3.63) is 28.8 Å². The Morgan fingerprint density at radius 1 is 1.18 bits per heavy atom. The standard InChI is InChI=1S/C13H19ClO3/c1-4-15-13(16-5-2)9-17-12-7-6-11(14)8-10(12)3/h6-8,13H,4-5,9H2,1-3H3. The highest BCUT2D eigenvalue weighted by Gasteiger charge is 2.09. The molecule has 1 aromatic carbocycles. The Morgan fingerprint density at radius 2 is 1.82 bits per heavy atom. The van der Waals surface area contributed by atoms with E-state index in [0.29, 0.717) is 24.8 Å². The molecule has 0 fully saturated rings. The Kier molecular flexibility index (Phi) is 6.34. The van der Waals surface area contributed by atoms with Crippen LogP contribution in [-0.4, -0.2) is 26.1 Å². The number of aryl methyl sites for hydroxylation is 1. The lowest BCUT2D eigenvalue weighted by Crippen LogP contribution is -2.25. The number of halogens is 1. The van der Waals surface area contributed by atoms with E-state index in [-0.39, 0.29) is 6.29 Å². The fourth-order valence-corrected chi connectivity index (χ4v) is 1.68. The predicted molar refractivity (Wildman–Crippen MR) is 68.7 cm³/mol. The molecule has 0 radical (unpaired) electrons. The molecule has 0 bridgehead atoms. The summed E-state index contributed by atoms with van der Waals surface area (Å²) in [6, 6.07) is 5.53. The second kappa shape index (κ2) is 7.54. The lowest BCUT2D eigenvalue weighted by molar-refractivity contribution is -0.152. The van der Waals surface area contributed by atoms with Crippen LogP contribution in [0.4, 0.5) is 0 Å². The van der Waals surface area contributed by atoms with Crippen LogP contribution in [0.3, 0.4) is 0 Å². The van der Waals surface area contributed by atoms with Gasteiger partial charge in [0.25, 0.3) is 0 Å². The van der Waals surface area contributed by atoms with E-state index >= 15 is 0 Å². The third kappa shape index (κ3) is 4.94. The van der Waals surface area contributed by atoms with Gasteiger partial charge in [0.05, 0.1) is 0 Å². The molecule has 0 amide bonds. The van der Waals surface area contributed by atoms with Gasteiger partial charge < -0.3 is 14.2 Å². The fourth-order valence-electron chi connectivity index (χ4n) is 1.45. The SMILES string of the molecule is CCOC(COc1ccc(Cl)cc1C)OCC. The third-order valence-corrected chi connectivity index (χ3v) is 2.45. The van der Waals surface area contributed by atoms with Crippen molar-refractivity contribution in [2.45, 2.75) is 27.1 Å². The van der Waals surface area contributed by atoms with Gasteiger partial charge in [0.2, 0.25) is 0 Å². The first-order valence-electron chi connectivity index (χ1n) is 5.79. The molecule has 0 aliphatic heterocycles. The Hall–Kier alpha value is -0.770.